The number of piperidine rings is 1. The quantitative estimate of drug-likeness (QED) is 0.769. The van der Waals surface area contributed by atoms with Crippen LogP contribution in [0.5, 0.6) is 0 Å². The molecule has 0 unspecified atom stereocenters. The lowest BCUT2D eigenvalue weighted by Crippen LogP contribution is -2.33. The number of terminal acetylenes is 1. The predicted molar refractivity (Wildman–Crippen MR) is 82.1 cm³/mol. The molecule has 3 aliphatic rings. The van der Waals surface area contributed by atoms with Crippen molar-refractivity contribution in [1.82, 2.24) is 4.90 Å². The van der Waals surface area contributed by atoms with E-state index in [4.69, 9.17) is 10.8 Å². The molecule has 0 aromatic heterocycles. The lowest BCUT2D eigenvalue weighted by Gasteiger charge is -2.31. The van der Waals surface area contributed by atoms with Crippen LogP contribution >= 0.6 is 0 Å². The summed E-state index contributed by atoms with van der Waals surface area (Å²) in [5.41, 5.74) is 6.99. The van der Waals surface area contributed by atoms with Crippen molar-refractivity contribution in [3.63, 3.8) is 0 Å². The van der Waals surface area contributed by atoms with Crippen LogP contribution in [0.2, 0.25) is 0 Å². The zero-order valence-electron chi connectivity index (χ0n) is 12.3. The summed E-state index contributed by atoms with van der Waals surface area (Å²) in [7, 11) is 0. The van der Waals surface area contributed by atoms with Gasteiger partial charge in [-0.05, 0) is 74.0 Å². The molecule has 1 fully saturated rings. The largest absolute Gasteiger partial charge is 0.472 e. The van der Waals surface area contributed by atoms with Crippen molar-refractivity contribution in [3.8, 4) is 23.5 Å². The molecular formula is C18H21NO. The van der Waals surface area contributed by atoms with E-state index in [2.05, 4.69) is 30.7 Å². The molecule has 2 aliphatic heterocycles. The van der Waals surface area contributed by atoms with E-state index in [1.54, 1.807) is 6.26 Å². The number of rotatable bonds is 2. The van der Waals surface area contributed by atoms with Crippen LogP contribution in [-0.4, -0.2) is 24.5 Å². The second-order valence-corrected chi connectivity index (χ2v) is 5.80. The first-order chi connectivity index (χ1) is 9.72. The fourth-order valence-corrected chi connectivity index (χ4v) is 3.53. The Kier molecular flexibility index (Phi) is 3.54. The molecule has 0 bridgehead atoms. The van der Waals surface area contributed by atoms with Crippen molar-refractivity contribution in [1.29, 1.82) is 0 Å². The molecule has 104 valence electrons. The highest BCUT2D eigenvalue weighted by molar-refractivity contribution is 5.77. The fourth-order valence-electron chi connectivity index (χ4n) is 3.53. The van der Waals surface area contributed by atoms with Crippen LogP contribution in [-0.2, 0) is 0 Å². The van der Waals surface area contributed by atoms with Gasteiger partial charge in [0.15, 0.2) is 0 Å². The Morgan fingerprint density at radius 3 is 2.70 bits per heavy atom. The second-order valence-electron chi connectivity index (χ2n) is 5.80. The second kappa shape index (κ2) is 5.34. The predicted octanol–water partition coefficient (Wildman–Crippen LogP) is 3.81. The average Bonchev–Trinajstić information content (AvgIpc) is 2.73. The van der Waals surface area contributed by atoms with Gasteiger partial charge in [0, 0.05) is 5.56 Å². The standard InChI is InChI=1S/C18H21NO/c1-4-8-19-9-5-15(6-10-19)18-14(3)13(2)17-12-20-11-7-16(17)18/h1,7,11-12,15H,5-6,8-10H2,2-3H3. The highest BCUT2D eigenvalue weighted by Crippen LogP contribution is 2.43. The minimum atomic E-state index is 0.655. The van der Waals surface area contributed by atoms with Gasteiger partial charge in [-0.1, -0.05) is 5.92 Å². The summed E-state index contributed by atoms with van der Waals surface area (Å²) in [5, 5.41) is 0. The summed E-state index contributed by atoms with van der Waals surface area (Å²) >= 11 is 0. The molecule has 0 aromatic carbocycles. The van der Waals surface area contributed by atoms with Gasteiger partial charge in [0.1, 0.15) is 0 Å². The molecule has 2 heterocycles. The van der Waals surface area contributed by atoms with Crippen molar-refractivity contribution in [2.45, 2.75) is 32.6 Å². The highest BCUT2D eigenvalue weighted by atomic mass is 16.3. The fraction of sp³-hybridized carbons (Fsp3) is 0.444. The zero-order valence-corrected chi connectivity index (χ0v) is 12.3. The Hall–Kier alpha value is -1.72. The summed E-state index contributed by atoms with van der Waals surface area (Å²) in [6, 6.07) is 2.12. The monoisotopic (exact) mass is 267 g/mol. The van der Waals surface area contributed by atoms with Crippen LogP contribution in [0.25, 0.3) is 11.1 Å². The smallest absolute Gasteiger partial charge is 0.0982 e. The van der Waals surface area contributed by atoms with E-state index >= 15 is 0 Å². The van der Waals surface area contributed by atoms with E-state index in [0.717, 1.165) is 19.6 Å². The average molecular weight is 267 g/mol. The van der Waals surface area contributed by atoms with Crippen molar-refractivity contribution in [3.05, 3.63) is 35.3 Å². The van der Waals surface area contributed by atoms with Crippen molar-refractivity contribution in [2.24, 2.45) is 0 Å². The molecule has 1 saturated heterocycles. The van der Waals surface area contributed by atoms with E-state index in [1.807, 2.05) is 6.26 Å². The van der Waals surface area contributed by atoms with E-state index in [9.17, 15) is 0 Å². The molecule has 0 saturated carbocycles. The van der Waals surface area contributed by atoms with E-state index < -0.39 is 0 Å². The van der Waals surface area contributed by atoms with Crippen LogP contribution < -0.4 is 0 Å². The molecule has 20 heavy (non-hydrogen) atoms. The van der Waals surface area contributed by atoms with Gasteiger partial charge in [-0.2, -0.15) is 0 Å². The third-order valence-electron chi connectivity index (χ3n) is 4.76. The van der Waals surface area contributed by atoms with Gasteiger partial charge in [-0.3, -0.25) is 4.90 Å². The lowest BCUT2D eigenvalue weighted by molar-refractivity contribution is 0.236. The van der Waals surface area contributed by atoms with Crippen LogP contribution in [0.3, 0.4) is 0 Å². The first kappa shape index (κ1) is 13.3. The first-order valence-electron chi connectivity index (χ1n) is 7.33. The van der Waals surface area contributed by atoms with Gasteiger partial charge in [0.25, 0.3) is 0 Å². The van der Waals surface area contributed by atoms with E-state index in [-0.39, 0.29) is 0 Å². The Balaban J connectivity index is 1.89. The zero-order chi connectivity index (χ0) is 14.1. The normalized spacial score (nSPS) is 17.4. The van der Waals surface area contributed by atoms with Gasteiger partial charge in [-0.15, -0.1) is 6.42 Å². The maximum absolute atomic E-state index is 5.40. The van der Waals surface area contributed by atoms with Crippen molar-refractivity contribution >= 4 is 0 Å². The van der Waals surface area contributed by atoms with Gasteiger partial charge in [0.2, 0.25) is 0 Å². The molecule has 0 atom stereocenters. The lowest BCUT2D eigenvalue weighted by atomic mass is 9.86. The molecule has 1 aliphatic carbocycles. The number of nitrogens with zero attached hydrogens (tertiary/aromatic N) is 1. The Bertz CT molecular complexity index is 611. The molecule has 3 rings (SSSR count). The molecule has 0 amide bonds. The molecule has 0 N–H and O–H groups in total. The third-order valence-corrected chi connectivity index (χ3v) is 4.76. The summed E-state index contributed by atoms with van der Waals surface area (Å²) in [6.07, 6.45) is 11.5. The molecule has 0 spiro atoms. The van der Waals surface area contributed by atoms with Crippen LogP contribution in [0.15, 0.2) is 23.0 Å². The maximum Gasteiger partial charge on any atom is 0.0982 e. The third kappa shape index (κ3) is 2.13. The molecule has 2 heteroatoms. The van der Waals surface area contributed by atoms with Gasteiger partial charge >= 0.3 is 0 Å². The van der Waals surface area contributed by atoms with Crippen molar-refractivity contribution in [2.75, 3.05) is 19.6 Å². The summed E-state index contributed by atoms with van der Waals surface area (Å²) in [4.78, 5) is 2.37. The molecule has 2 nitrogen and oxygen atoms in total. The maximum atomic E-state index is 5.40. The van der Waals surface area contributed by atoms with Crippen LogP contribution in [0, 0.1) is 26.2 Å². The Morgan fingerprint density at radius 2 is 2.00 bits per heavy atom. The summed E-state index contributed by atoms with van der Waals surface area (Å²) < 4.78 is 5.35. The van der Waals surface area contributed by atoms with Gasteiger partial charge in [0.05, 0.1) is 19.1 Å². The molecule has 0 radical (unpaired) electrons. The van der Waals surface area contributed by atoms with E-state index in [0.29, 0.717) is 5.92 Å². The number of fused-ring (bicyclic) bond motifs is 1. The first-order valence-corrected chi connectivity index (χ1v) is 7.33. The van der Waals surface area contributed by atoms with Crippen LogP contribution in [0.4, 0.5) is 0 Å². The Labute approximate surface area is 121 Å². The van der Waals surface area contributed by atoms with Gasteiger partial charge in [-0.25, -0.2) is 0 Å². The molecular weight excluding hydrogens is 246 g/mol. The number of hydrogen-bond acceptors (Lipinski definition) is 2. The highest BCUT2D eigenvalue weighted by Gasteiger charge is 2.27. The SMILES string of the molecule is C#CCN1CCC(c2c3ccocc-3c(C)c2C)CC1. The summed E-state index contributed by atoms with van der Waals surface area (Å²) in [5.74, 6) is 3.41. The minimum Gasteiger partial charge on any atom is -0.472 e. The van der Waals surface area contributed by atoms with E-state index in [1.165, 1.54) is 40.7 Å². The minimum absolute atomic E-state index is 0.655. The van der Waals surface area contributed by atoms with Gasteiger partial charge < -0.3 is 4.42 Å². The van der Waals surface area contributed by atoms with Crippen molar-refractivity contribution < 1.29 is 4.42 Å². The molecule has 0 aromatic rings. The topological polar surface area (TPSA) is 16.4 Å². The summed E-state index contributed by atoms with van der Waals surface area (Å²) in [6.45, 7) is 7.45. The Morgan fingerprint density at radius 1 is 1.25 bits per heavy atom. The number of hydrogen-bond donors (Lipinski definition) is 0. The number of likely N-dealkylation sites (tertiary alicyclic amines) is 1. The van der Waals surface area contributed by atoms with Crippen LogP contribution in [0.1, 0.15) is 35.4 Å².